The fourth-order valence-electron chi connectivity index (χ4n) is 1.81. The Kier molecular flexibility index (Phi) is 4.02. The van der Waals surface area contributed by atoms with E-state index in [1.165, 1.54) is 0 Å². The Hall–Kier alpha value is 0.0600. The molecule has 1 aliphatic rings. The number of amides is 1. The van der Waals surface area contributed by atoms with Crippen LogP contribution in [0.3, 0.4) is 0 Å². The first kappa shape index (κ1) is 12.5. The largest absolute Gasteiger partial charge is 0.312 e. The van der Waals surface area contributed by atoms with Gasteiger partial charge in [0.25, 0.3) is 0 Å². The Morgan fingerprint density at radius 1 is 1.56 bits per heavy atom. The van der Waals surface area contributed by atoms with Crippen molar-refractivity contribution in [1.29, 1.82) is 0 Å². The van der Waals surface area contributed by atoms with Crippen LogP contribution in [0.25, 0.3) is 0 Å². The number of thiol groups is 1. The van der Waals surface area contributed by atoms with E-state index in [-0.39, 0.29) is 5.91 Å². The van der Waals surface area contributed by atoms with Gasteiger partial charge < -0.3 is 4.90 Å². The average Bonchev–Trinajstić information content (AvgIpc) is 2.64. The summed E-state index contributed by atoms with van der Waals surface area (Å²) in [6, 6.07) is 5.72. The van der Waals surface area contributed by atoms with Crippen LogP contribution in [0.1, 0.15) is 6.42 Å². The van der Waals surface area contributed by atoms with E-state index in [1.54, 1.807) is 4.90 Å². The van der Waals surface area contributed by atoms with Crippen molar-refractivity contribution in [3.63, 3.8) is 0 Å². The van der Waals surface area contributed by atoms with Gasteiger partial charge in [-0.1, -0.05) is 11.6 Å². The molecule has 1 heterocycles. The number of carbonyl (C=O) groups is 1. The number of hydrogen-bond acceptors (Lipinski definition) is 2. The molecule has 1 aromatic carbocycles. The molecule has 2 rings (SSSR count). The van der Waals surface area contributed by atoms with Crippen molar-refractivity contribution < 1.29 is 4.79 Å². The highest BCUT2D eigenvalue weighted by atomic mass is 127. The van der Waals surface area contributed by atoms with Crippen molar-refractivity contribution in [2.75, 3.05) is 17.2 Å². The van der Waals surface area contributed by atoms with Crippen molar-refractivity contribution >= 4 is 58.4 Å². The van der Waals surface area contributed by atoms with Crippen LogP contribution in [0.5, 0.6) is 0 Å². The minimum Gasteiger partial charge on any atom is -0.312 e. The molecule has 16 heavy (non-hydrogen) atoms. The molecule has 1 amide bonds. The van der Waals surface area contributed by atoms with E-state index in [9.17, 15) is 4.79 Å². The SMILES string of the molecule is O=C1CC(CS)CN1c1ccc(I)c(Cl)c1. The second-order valence-electron chi connectivity index (χ2n) is 3.86. The molecule has 0 radical (unpaired) electrons. The molecule has 1 aliphatic heterocycles. The summed E-state index contributed by atoms with van der Waals surface area (Å²) in [6.45, 7) is 0.749. The maximum atomic E-state index is 11.8. The number of benzene rings is 1. The van der Waals surface area contributed by atoms with Crippen molar-refractivity contribution in [2.24, 2.45) is 5.92 Å². The zero-order valence-electron chi connectivity index (χ0n) is 8.49. The highest BCUT2D eigenvalue weighted by Crippen LogP contribution is 2.29. The van der Waals surface area contributed by atoms with Gasteiger partial charge in [-0.05, 0) is 52.5 Å². The normalized spacial score (nSPS) is 20.6. The van der Waals surface area contributed by atoms with Gasteiger partial charge in [-0.25, -0.2) is 0 Å². The van der Waals surface area contributed by atoms with E-state index < -0.39 is 0 Å². The molecule has 1 aromatic rings. The van der Waals surface area contributed by atoms with Crippen LogP contribution in [0.2, 0.25) is 5.02 Å². The Morgan fingerprint density at radius 2 is 2.31 bits per heavy atom. The number of carbonyl (C=O) groups excluding carboxylic acids is 1. The minimum atomic E-state index is 0.163. The van der Waals surface area contributed by atoms with Gasteiger partial charge in [-0.3, -0.25) is 4.79 Å². The quantitative estimate of drug-likeness (QED) is 0.628. The van der Waals surface area contributed by atoms with Crippen molar-refractivity contribution in [1.82, 2.24) is 0 Å². The summed E-state index contributed by atoms with van der Waals surface area (Å²) in [7, 11) is 0. The lowest BCUT2D eigenvalue weighted by Crippen LogP contribution is -2.24. The first-order chi connectivity index (χ1) is 7.61. The zero-order chi connectivity index (χ0) is 11.7. The van der Waals surface area contributed by atoms with Crippen LogP contribution in [0.4, 0.5) is 5.69 Å². The molecule has 2 nitrogen and oxygen atoms in total. The summed E-state index contributed by atoms with van der Waals surface area (Å²) in [5.41, 5.74) is 0.889. The van der Waals surface area contributed by atoms with Crippen LogP contribution < -0.4 is 4.90 Å². The smallest absolute Gasteiger partial charge is 0.227 e. The Bertz CT molecular complexity index is 426. The van der Waals surface area contributed by atoms with Crippen LogP contribution in [-0.2, 0) is 4.79 Å². The number of halogens is 2. The van der Waals surface area contributed by atoms with Gasteiger partial charge >= 0.3 is 0 Å². The summed E-state index contributed by atoms with van der Waals surface area (Å²) in [5.74, 6) is 1.27. The molecule has 0 N–H and O–H groups in total. The fraction of sp³-hybridized carbons (Fsp3) is 0.364. The zero-order valence-corrected chi connectivity index (χ0v) is 12.3. The van der Waals surface area contributed by atoms with Gasteiger partial charge in [-0.2, -0.15) is 12.6 Å². The third kappa shape index (κ3) is 2.49. The molecule has 0 aliphatic carbocycles. The van der Waals surface area contributed by atoms with E-state index in [0.717, 1.165) is 21.6 Å². The van der Waals surface area contributed by atoms with Gasteiger partial charge in [0.1, 0.15) is 0 Å². The monoisotopic (exact) mass is 367 g/mol. The van der Waals surface area contributed by atoms with E-state index in [1.807, 2.05) is 18.2 Å². The van der Waals surface area contributed by atoms with Crippen LogP contribution in [0, 0.1) is 9.49 Å². The maximum absolute atomic E-state index is 11.8. The second-order valence-corrected chi connectivity index (χ2v) is 5.79. The lowest BCUT2D eigenvalue weighted by molar-refractivity contribution is -0.117. The molecule has 5 heteroatoms. The van der Waals surface area contributed by atoms with E-state index >= 15 is 0 Å². The minimum absolute atomic E-state index is 0.163. The van der Waals surface area contributed by atoms with Gasteiger partial charge in [0.15, 0.2) is 0 Å². The molecule has 1 unspecified atom stereocenters. The third-order valence-corrected chi connectivity index (χ3v) is 4.77. The van der Waals surface area contributed by atoms with E-state index in [0.29, 0.717) is 17.4 Å². The molecular weight excluding hydrogens is 357 g/mol. The molecule has 1 saturated heterocycles. The van der Waals surface area contributed by atoms with Crippen molar-refractivity contribution in [3.8, 4) is 0 Å². The van der Waals surface area contributed by atoms with Crippen molar-refractivity contribution in [3.05, 3.63) is 26.8 Å². The predicted molar refractivity (Wildman–Crippen MR) is 78.5 cm³/mol. The Labute approximate surface area is 119 Å². The predicted octanol–water partition coefficient (Wildman–Crippen LogP) is 3.23. The summed E-state index contributed by atoms with van der Waals surface area (Å²) in [4.78, 5) is 13.6. The number of rotatable bonds is 2. The van der Waals surface area contributed by atoms with Gasteiger partial charge in [-0.15, -0.1) is 0 Å². The average molecular weight is 368 g/mol. The second kappa shape index (κ2) is 5.14. The standard InChI is InChI=1S/C11H11ClINOS/c12-9-4-8(1-2-10(9)13)14-5-7(6-16)3-11(14)15/h1-2,4,7,16H,3,5-6H2. The molecule has 0 spiro atoms. The highest BCUT2D eigenvalue weighted by Gasteiger charge is 2.29. The molecule has 86 valence electrons. The number of hydrogen-bond donors (Lipinski definition) is 1. The molecule has 0 bridgehead atoms. The first-order valence-electron chi connectivity index (χ1n) is 4.98. The highest BCUT2D eigenvalue weighted by molar-refractivity contribution is 14.1. The number of anilines is 1. The summed E-state index contributed by atoms with van der Waals surface area (Å²) >= 11 is 12.5. The lowest BCUT2D eigenvalue weighted by atomic mass is 10.1. The molecular formula is C11H11ClINOS. The van der Waals surface area contributed by atoms with Gasteiger partial charge in [0.2, 0.25) is 5.91 Å². The molecule has 1 fully saturated rings. The lowest BCUT2D eigenvalue weighted by Gasteiger charge is -2.17. The van der Waals surface area contributed by atoms with Crippen LogP contribution in [-0.4, -0.2) is 18.2 Å². The maximum Gasteiger partial charge on any atom is 0.227 e. The molecule has 0 aromatic heterocycles. The topological polar surface area (TPSA) is 20.3 Å². The fourth-order valence-corrected chi connectivity index (χ4v) is 2.56. The molecule has 1 atom stereocenters. The van der Waals surface area contributed by atoms with Gasteiger partial charge in [0.05, 0.1) is 5.02 Å². The first-order valence-corrected chi connectivity index (χ1v) is 7.07. The van der Waals surface area contributed by atoms with Crippen LogP contribution in [0.15, 0.2) is 18.2 Å². The van der Waals surface area contributed by atoms with Crippen molar-refractivity contribution in [2.45, 2.75) is 6.42 Å². The Morgan fingerprint density at radius 3 is 2.88 bits per heavy atom. The summed E-state index contributed by atoms with van der Waals surface area (Å²) in [5, 5.41) is 0.695. The van der Waals surface area contributed by atoms with E-state index in [4.69, 9.17) is 11.6 Å². The summed E-state index contributed by atoms with van der Waals surface area (Å²) < 4.78 is 1.00. The molecule has 0 saturated carbocycles. The number of nitrogens with zero attached hydrogens (tertiary/aromatic N) is 1. The van der Waals surface area contributed by atoms with Gasteiger partial charge in [0, 0.05) is 22.2 Å². The third-order valence-electron chi connectivity index (χ3n) is 2.68. The van der Waals surface area contributed by atoms with Crippen LogP contribution >= 0.6 is 46.8 Å². The van der Waals surface area contributed by atoms with E-state index in [2.05, 4.69) is 35.2 Å². The summed E-state index contributed by atoms with van der Waals surface area (Å²) in [6.07, 6.45) is 0.590. The Balaban J connectivity index is 2.24.